The Bertz CT molecular complexity index is 927. The number of aryl methyl sites for hydroxylation is 1. The first-order valence-corrected chi connectivity index (χ1v) is 9.97. The number of halogens is 2. The number of aromatic nitrogens is 4. The average Bonchev–Trinajstić information content (AvgIpc) is 2.67. The molecule has 6 nitrogen and oxygen atoms in total. The molecule has 0 fully saturated rings. The molecule has 10 heteroatoms. The van der Waals surface area contributed by atoms with Gasteiger partial charge in [-0.05, 0) is 60.6 Å². The number of hydrogen-bond donors (Lipinski definition) is 2. The molecule has 0 aliphatic rings. The molecule has 2 aromatic heterocycles. The van der Waals surface area contributed by atoms with E-state index in [1.165, 1.54) is 23.9 Å². The highest BCUT2D eigenvalue weighted by molar-refractivity contribution is 7.99. The Kier molecular flexibility index (Phi) is 7.46. The van der Waals surface area contributed by atoms with Gasteiger partial charge in [0.1, 0.15) is 16.0 Å². The predicted molar refractivity (Wildman–Crippen MR) is 112 cm³/mol. The van der Waals surface area contributed by atoms with Gasteiger partial charge < -0.3 is 10.6 Å². The predicted octanol–water partition coefficient (Wildman–Crippen LogP) is 4.13. The Hall–Kier alpha value is -2.36. The van der Waals surface area contributed by atoms with Crippen molar-refractivity contribution in [2.75, 3.05) is 11.9 Å². The second kappa shape index (κ2) is 10.3. The highest BCUT2D eigenvalue weighted by atomic mass is 35.5. The minimum Gasteiger partial charge on any atom is -0.362 e. The van der Waals surface area contributed by atoms with Crippen molar-refractivity contribution in [1.29, 1.82) is 0 Å². The largest absolute Gasteiger partial charge is 0.362 e. The maximum Gasteiger partial charge on any atom is 0.231 e. The zero-order valence-corrected chi connectivity index (χ0v) is 17.0. The van der Waals surface area contributed by atoms with Crippen LogP contribution in [-0.4, -0.2) is 31.6 Å². The van der Waals surface area contributed by atoms with Crippen molar-refractivity contribution in [1.82, 2.24) is 25.3 Å². The van der Waals surface area contributed by atoms with E-state index < -0.39 is 0 Å². The van der Waals surface area contributed by atoms with Crippen LogP contribution in [0, 0.1) is 5.82 Å². The van der Waals surface area contributed by atoms with Gasteiger partial charge in [0.25, 0.3) is 0 Å². The van der Waals surface area contributed by atoms with Crippen molar-refractivity contribution < 1.29 is 4.39 Å². The third kappa shape index (κ3) is 6.66. The van der Waals surface area contributed by atoms with E-state index in [1.807, 2.05) is 0 Å². The lowest BCUT2D eigenvalue weighted by Crippen LogP contribution is -2.30. The van der Waals surface area contributed by atoms with Gasteiger partial charge in [-0.25, -0.2) is 24.3 Å². The van der Waals surface area contributed by atoms with Crippen LogP contribution in [0.3, 0.4) is 0 Å². The first-order chi connectivity index (χ1) is 13.6. The molecule has 0 aliphatic carbocycles. The Balaban J connectivity index is 1.48. The molecule has 0 unspecified atom stereocenters. The van der Waals surface area contributed by atoms with E-state index in [-0.39, 0.29) is 11.0 Å². The number of hydrogen-bond acceptors (Lipinski definition) is 6. The second-order valence-electron chi connectivity index (χ2n) is 5.60. The second-order valence-corrected chi connectivity index (χ2v) is 7.38. The number of rotatable bonds is 7. The van der Waals surface area contributed by atoms with Gasteiger partial charge in [0.2, 0.25) is 5.95 Å². The van der Waals surface area contributed by atoms with Crippen LogP contribution in [0.15, 0.2) is 59.0 Å². The summed E-state index contributed by atoms with van der Waals surface area (Å²) in [5, 5.41) is 7.87. The van der Waals surface area contributed by atoms with Gasteiger partial charge in [0.05, 0.1) is 0 Å². The molecule has 3 rings (SSSR count). The summed E-state index contributed by atoms with van der Waals surface area (Å²) >= 11 is 12.6. The molecule has 0 bridgehead atoms. The minimum atomic E-state index is -0.231. The molecule has 1 aromatic carbocycles. The van der Waals surface area contributed by atoms with Gasteiger partial charge >= 0.3 is 0 Å². The molecule has 0 saturated carbocycles. The summed E-state index contributed by atoms with van der Waals surface area (Å²) in [5.41, 5.74) is 1.07. The van der Waals surface area contributed by atoms with Crippen LogP contribution >= 0.6 is 35.6 Å². The number of nitrogens with zero attached hydrogens (tertiary/aromatic N) is 4. The molecule has 3 aromatic rings. The van der Waals surface area contributed by atoms with Crippen LogP contribution in [0.1, 0.15) is 12.0 Å². The van der Waals surface area contributed by atoms with Gasteiger partial charge in [-0.15, -0.1) is 0 Å². The molecular formula is C18H16ClFN6S2. The van der Waals surface area contributed by atoms with E-state index in [2.05, 4.69) is 30.6 Å². The van der Waals surface area contributed by atoms with Crippen LogP contribution in [0.4, 0.5) is 10.3 Å². The molecule has 28 heavy (non-hydrogen) atoms. The van der Waals surface area contributed by atoms with Crippen molar-refractivity contribution in [3.05, 3.63) is 65.3 Å². The molecule has 0 amide bonds. The smallest absolute Gasteiger partial charge is 0.231 e. The molecule has 2 N–H and O–H groups in total. The standard InChI is InChI=1S/C18H16ClFN6S2/c19-14-11-15(28-18-22-9-2-10-23-18)25-16(24-14)26-17(27)21-8-1-3-12-4-6-13(20)7-5-12/h2,4-7,9-11H,1,3,8H2,(H2,21,24,25,26,27). The summed E-state index contributed by atoms with van der Waals surface area (Å²) < 4.78 is 12.9. The summed E-state index contributed by atoms with van der Waals surface area (Å²) in [6.07, 6.45) is 4.97. The number of nitrogens with one attached hydrogen (secondary N) is 2. The summed E-state index contributed by atoms with van der Waals surface area (Å²) in [4.78, 5) is 16.8. The van der Waals surface area contributed by atoms with Crippen LogP contribution in [-0.2, 0) is 6.42 Å². The average molecular weight is 435 g/mol. The fraction of sp³-hybridized carbons (Fsp3) is 0.167. The lowest BCUT2D eigenvalue weighted by atomic mass is 10.1. The monoisotopic (exact) mass is 434 g/mol. The molecule has 0 spiro atoms. The van der Waals surface area contributed by atoms with Crippen LogP contribution in [0.5, 0.6) is 0 Å². The molecule has 0 radical (unpaired) electrons. The summed E-state index contributed by atoms with van der Waals surface area (Å²) in [7, 11) is 0. The summed E-state index contributed by atoms with van der Waals surface area (Å²) in [6.45, 7) is 0.656. The van der Waals surface area contributed by atoms with Gasteiger partial charge in [-0.2, -0.15) is 0 Å². The number of benzene rings is 1. The van der Waals surface area contributed by atoms with E-state index in [4.69, 9.17) is 23.8 Å². The lowest BCUT2D eigenvalue weighted by molar-refractivity contribution is 0.626. The van der Waals surface area contributed by atoms with Crippen molar-refractivity contribution in [3.63, 3.8) is 0 Å². The van der Waals surface area contributed by atoms with Crippen molar-refractivity contribution in [3.8, 4) is 0 Å². The maximum atomic E-state index is 12.9. The van der Waals surface area contributed by atoms with Gasteiger partial charge in [-0.3, -0.25) is 0 Å². The van der Waals surface area contributed by atoms with Crippen LogP contribution < -0.4 is 10.6 Å². The van der Waals surface area contributed by atoms with Crippen LogP contribution in [0.2, 0.25) is 5.15 Å². The van der Waals surface area contributed by atoms with Gasteiger partial charge in [0, 0.05) is 25.0 Å². The lowest BCUT2D eigenvalue weighted by Gasteiger charge is -2.10. The molecular weight excluding hydrogens is 419 g/mol. The zero-order chi connectivity index (χ0) is 19.8. The van der Waals surface area contributed by atoms with E-state index in [0.29, 0.717) is 27.8 Å². The van der Waals surface area contributed by atoms with Gasteiger partial charge in [0.15, 0.2) is 10.3 Å². The van der Waals surface area contributed by atoms with Crippen LogP contribution in [0.25, 0.3) is 0 Å². The summed E-state index contributed by atoms with van der Waals surface area (Å²) in [6, 6.07) is 9.85. The van der Waals surface area contributed by atoms with Crippen molar-refractivity contribution in [2.24, 2.45) is 0 Å². The van der Waals surface area contributed by atoms with Crippen molar-refractivity contribution >= 4 is 46.6 Å². The first-order valence-electron chi connectivity index (χ1n) is 8.37. The Labute approximate surface area is 176 Å². The normalized spacial score (nSPS) is 10.5. The highest BCUT2D eigenvalue weighted by Crippen LogP contribution is 2.25. The number of anilines is 1. The van der Waals surface area contributed by atoms with Gasteiger partial charge in [-0.1, -0.05) is 23.7 Å². The van der Waals surface area contributed by atoms with E-state index >= 15 is 0 Å². The zero-order valence-electron chi connectivity index (χ0n) is 14.6. The highest BCUT2D eigenvalue weighted by Gasteiger charge is 2.08. The van der Waals surface area contributed by atoms with E-state index in [0.717, 1.165) is 18.4 Å². The molecule has 0 aliphatic heterocycles. The first kappa shape index (κ1) is 20.4. The minimum absolute atomic E-state index is 0.231. The third-order valence-electron chi connectivity index (χ3n) is 3.48. The van der Waals surface area contributed by atoms with E-state index in [1.54, 1.807) is 36.7 Å². The number of thiocarbonyl (C=S) groups is 1. The topological polar surface area (TPSA) is 75.6 Å². The van der Waals surface area contributed by atoms with E-state index in [9.17, 15) is 4.39 Å². The fourth-order valence-corrected chi connectivity index (χ4v) is 3.39. The maximum absolute atomic E-state index is 12.9. The molecule has 144 valence electrons. The molecule has 0 saturated heterocycles. The Morgan fingerprint density at radius 3 is 2.64 bits per heavy atom. The Morgan fingerprint density at radius 2 is 1.89 bits per heavy atom. The third-order valence-corrected chi connectivity index (χ3v) is 4.73. The fourth-order valence-electron chi connectivity index (χ4n) is 2.23. The molecule has 2 heterocycles. The summed E-state index contributed by atoms with van der Waals surface area (Å²) in [5.74, 6) is 0.0621. The molecule has 0 atom stereocenters. The van der Waals surface area contributed by atoms with Crippen molar-refractivity contribution in [2.45, 2.75) is 23.0 Å². The Morgan fingerprint density at radius 1 is 1.14 bits per heavy atom. The SMILES string of the molecule is Fc1ccc(CCCNC(=S)Nc2nc(Cl)cc(Sc3ncccn3)n2)cc1. The quantitative estimate of drug-likeness (QED) is 0.249.